The molecule has 3 fully saturated rings. The maximum Gasteiger partial charge on any atom is 0.394 e. The number of nitrogens with one attached hydrogen (secondary N) is 1. The van der Waals surface area contributed by atoms with E-state index in [1.807, 2.05) is 62.2 Å². The molecular weight excluding hydrogens is 923 g/mol. The molecule has 1 saturated carbocycles. The van der Waals surface area contributed by atoms with Crippen molar-refractivity contribution in [1.29, 1.82) is 0 Å². The fourth-order valence-electron chi connectivity index (χ4n) is 13.1. The van der Waals surface area contributed by atoms with E-state index in [4.69, 9.17) is 50.3 Å². The number of benzene rings is 2. The van der Waals surface area contributed by atoms with Crippen LogP contribution in [0, 0.1) is 11.3 Å². The van der Waals surface area contributed by atoms with Crippen LogP contribution in [0.5, 0.6) is 5.75 Å². The van der Waals surface area contributed by atoms with Crippen LogP contribution in [0.15, 0.2) is 48.6 Å². The molecule has 20 nitrogen and oxygen atoms in total. The number of carbonyl (C=O) groups is 2. The summed E-state index contributed by atoms with van der Waals surface area (Å²) in [4.78, 5) is 39.3. The third kappa shape index (κ3) is 8.21. The Balaban J connectivity index is 0.000000594. The largest absolute Gasteiger partial charge is 0.496 e. The van der Waals surface area contributed by atoms with Crippen LogP contribution in [0.3, 0.4) is 0 Å². The van der Waals surface area contributed by atoms with E-state index in [2.05, 4.69) is 26.9 Å². The monoisotopic (exact) mass is 983 g/mol. The first-order valence-corrected chi connectivity index (χ1v) is 24.2. The summed E-state index contributed by atoms with van der Waals surface area (Å²) in [6.45, 7) is 7.39. The number of fused-ring (bicyclic) bond motifs is 6. The number of aliphatic hydroxyl groups is 3. The minimum atomic E-state index is -4.67. The minimum absolute atomic E-state index is 0. The number of rotatable bonds is 6. The lowest BCUT2D eigenvalue weighted by Gasteiger charge is -2.63. The van der Waals surface area contributed by atoms with Crippen molar-refractivity contribution in [3.05, 3.63) is 70.9 Å². The Bertz CT molecular complexity index is 2590. The molecule has 2 bridgehead atoms. The van der Waals surface area contributed by atoms with Crippen LogP contribution in [-0.2, 0) is 52.4 Å². The lowest BCUT2D eigenvalue weighted by molar-refractivity contribution is -0.201. The van der Waals surface area contributed by atoms with Crippen LogP contribution in [0.4, 0.5) is 5.69 Å². The zero-order valence-corrected chi connectivity index (χ0v) is 40.0. The fourth-order valence-corrected chi connectivity index (χ4v) is 13.1. The number of carbonyl (C=O) groups excluding carboxylic acids is 2. The Kier molecular flexibility index (Phi) is 14.0. The van der Waals surface area contributed by atoms with Gasteiger partial charge in [-0.2, -0.15) is 30.3 Å². The number of piperidine rings is 1. The molecule has 0 unspecified atom stereocenters. The number of para-hydroxylation sites is 1. The maximum atomic E-state index is 15.2. The number of aromatic amines is 1. The van der Waals surface area contributed by atoms with Crippen molar-refractivity contribution < 1.29 is 69.4 Å². The summed E-state index contributed by atoms with van der Waals surface area (Å²) in [5.74, 6) is -1.00. The van der Waals surface area contributed by atoms with Gasteiger partial charge in [-0.1, -0.05) is 44.2 Å². The first kappa shape index (κ1) is 51.5. The molecule has 23 heteroatoms. The number of methoxy groups -OCH3 is 2. The SMILES string of the molecule is CC[C@]1(O)C[C@H]2C[N@](CCc3c([nH]c4ccccc34)[C@@](C(=O)OC)(c3cc4c(cc3OC)N(C)[C@H]3[C@@](O)(C(N)=O)[C@H](O)[C@]5(CC)C=CCN6CC[C@]43[C@@H]65)C2)C1.O=S(=O)(O)O.O=S(=O)(O)O.S. The van der Waals surface area contributed by atoms with E-state index in [1.54, 1.807) is 7.11 Å². The van der Waals surface area contributed by atoms with Crippen LogP contribution in [-0.4, -0.2) is 160 Å². The summed E-state index contributed by atoms with van der Waals surface area (Å²) in [5.41, 5.74) is 4.72. The summed E-state index contributed by atoms with van der Waals surface area (Å²) in [6, 6.07) is 11.0. The topological polar surface area (TPSA) is 314 Å². The molecule has 2 saturated heterocycles. The van der Waals surface area contributed by atoms with Gasteiger partial charge in [0.1, 0.15) is 17.3 Å². The first-order chi connectivity index (χ1) is 30.3. The van der Waals surface area contributed by atoms with Gasteiger partial charge >= 0.3 is 26.8 Å². The van der Waals surface area contributed by atoms with E-state index in [0.717, 1.165) is 46.5 Å². The van der Waals surface area contributed by atoms with Crippen molar-refractivity contribution in [2.24, 2.45) is 17.1 Å². The third-order valence-corrected chi connectivity index (χ3v) is 15.2. The molecule has 10 atom stereocenters. The van der Waals surface area contributed by atoms with E-state index >= 15 is 4.79 Å². The second-order valence-corrected chi connectivity index (χ2v) is 20.2. The van der Waals surface area contributed by atoms with E-state index in [9.17, 15) is 20.1 Å². The van der Waals surface area contributed by atoms with Crippen molar-refractivity contribution in [2.45, 2.75) is 92.6 Å². The highest BCUT2D eigenvalue weighted by atomic mass is 32.3. The molecule has 6 aliphatic rings. The molecule has 5 aliphatic heterocycles. The molecule has 10 N–H and O–H groups in total. The average molecular weight is 984 g/mol. The number of esters is 1. The highest BCUT2D eigenvalue weighted by Crippen LogP contribution is 2.67. The van der Waals surface area contributed by atoms with Crippen molar-refractivity contribution in [2.75, 3.05) is 58.9 Å². The zero-order chi connectivity index (χ0) is 47.9. The van der Waals surface area contributed by atoms with Gasteiger partial charge in [-0.15, -0.1) is 0 Å². The number of nitrogens with zero attached hydrogens (tertiary/aromatic N) is 3. The second-order valence-electron chi connectivity index (χ2n) is 18.4. The average Bonchev–Trinajstić information content (AvgIpc) is 3.89. The number of aromatic nitrogens is 1. The molecule has 3 aromatic rings. The predicted molar refractivity (Wildman–Crippen MR) is 247 cm³/mol. The smallest absolute Gasteiger partial charge is 0.394 e. The van der Waals surface area contributed by atoms with Crippen molar-refractivity contribution in [3.63, 3.8) is 0 Å². The van der Waals surface area contributed by atoms with E-state index < -0.39 is 72.3 Å². The van der Waals surface area contributed by atoms with Gasteiger partial charge in [-0.25, -0.2) is 0 Å². The van der Waals surface area contributed by atoms with Crippen molar-refractivity contribution in [1.82, 2.24) is 14.8 Å². The molecule has 0 radical (unpaired) electrons. The van der Waals surface area contributed by atoms with Crippen LogP contribution >= 0.6 is 13.5 Å². The molecule has 1 aliphatic carbocycles. The van der Waals surface area contributed by atoms with E-state index in [0.29, 0.717) is 69.5 Å². The van der Waals surface area contributed by atoms with E-state index in [1.165, 1.54) is 7.11 Å². The molecule has 66 heavy (non-hydrogen) atoms. The zero-order valence-electron chi connectivity index (χ0n) is 37.3. The van der Waals surface area contributed by atoms with Gasteiger partial charge in [0.05, 0.1) is 25.9 Å². The highest BCUT2D eigenvalue weighted by molar-refractivity contribution is 7.80. The molecule has 2 aromatic carbocycles. The van der Waals surface area contributed by atoms with Crippen LogP contribution in [0.1, 0.15) is 68.3 Å². The number of H-pyrrole nitrogens is 1. The standard InChI is InChI=1S/C43H55N5O7.2H2O4S.H2S/c1-6-39(52)21-25-22-42(38(51)55-5,33-27(13-17-47(23-25)24-39)26-11-8-9-12-30(26)45-33)29-19-28-31(20-32(29)54-4)46(3)35-41(28)15-18-48-16-10-14-40(7-2,34(41)48)36(49)43(35,53)37(44)50;2*1-5(2,3)4;/h8-12,14,19-20,25,34-36,45,49,52-53H,6-7,13,15-18,21-24H2,1-5H3,(H2,44,50);2*(H2,1,2,3,4);1H2/t25-,34+,35-,36-,39+,40-,41-,42+,43+;;;/m1.../s1. The van der Waals surface area contributed by atoms with Gasteiger partial charge in [0.15, 0.2) is 5.60 Å². The van der Waals surface area contributed by atoms with Crippen LogP contribution in [0.25, 0.3) is 10.9 Å². The lowest BCUT2D eigenvalue weighted by Crippen LogP contribution is -2.81. The predicted octanol–water partition coefficient (Wildman–Crippen LogP) is 1.54. The van der Waals surface area contributed by atoms with E-state index in [-0.39, 0.29) is 25.5 Å². The maximum absolute atomic E-state index is 15.2. The number of likely N-dealkylation sites (N-methyl/N-ethyl adjacent to an activating group) is 1. The molecular formula is C43H61N5O15S3. The molecule has 6 heterocycles. The third-order valence-electron chi connectivity index (χ3n) is 15.2. The number of primary amides is 1. The number of nitrogens with two attached hydrogens (primary N) is 1. The number of hydrogen-bond acceptors (Lipinski definition) is 14. The summed E-state index contributed by atoms with van der Waals surface area (Å²) in [6.07, 6.45) is 5.78. The van der Waals surface area contributed by atoms with Gasteiger partial charge in [-0.05, 0) is 74.2 Å². The second kappa shape index (κ2) is 17.9. The highest BCUT2D eigenvalue weighted by Gasteiger charge is 2.78. The fraction of sp³-hybridized carbons (Fsp3) is 0.581. The molecule has 366 valence electrons. The molecule has 1 spiro atoms. The Morgan fingerprint density at radius 3 is 2.18 bits per heavy atom. The first-order valence-electron chi connectivity index (χ1n) is 21.4. The Hall–Kier alpha value is -3.85. The quantitative estimate of drug-likeness (QED) is 0.0961. The van der Waals surface area contributed by atoms with Crippen LogP contribution in [0.2, 0.25) is 0 Å². The Morgan fingerprint density at radius 1 is 0.939 bits per heavy atom. The lowest BCUT2D eigenvalue weighted by atomic mass is 9.47. The van der Waals surface area contributed by atoms with Crippen molar-refractivity contribution >= 4 is 62.8 Å². The number of ether oxygens (including phenoxy) is 2. The number of amides is 1. The van der Waals surface area contributed by atoms with Gasteiger partial charge in [0, 0.05) is 84.0 Å². The summed E-state index contributed by atoms with van der Waals surface area (Å²) < 4.78 is 75.4. The Labute approximate surface area is 390 Å². The van der Waals surface area contributed by atoms with Crippen LogP contribution < -0.4 is 15.4 Å². The van der Waals surface area contributed by atoms with Gasteiger partial charge in [0.2, 0.25) is 0 Å². The molecule has 1 aromatic heterocycles. The molecule has 9 rings (SSSR count). The number of hydrogen-bond donors (Lipinski definition) is 9. The normalized spacial score (nSPS) is 34.2. The summed E-state index contributed by atoms with van der Waals surface area (Å²) >= 11 is 0. The van der Waals surface area contributed by atoms with Crippen molar-refractivity contribution in [3.8, 4) is 5.75 Å². The molecule has 1 amide bonds. The number of anilines is 1. The Morgan fingerprint density at radius 2 is 1.59 bits per heavy atom. The van der Waals surface area contributed by atoms with Gasteiger partial charge < -0.3 is 40.4 Å². The summed E-state index contributed by atoms with van der Waals surface area (Å²) in [5, 5.41) is 38.0. The summed E-state index contributed by atoms with van der Waals surface area (Å²) in [7, 11) is -4.44. The van der Waals surface area contributed by atoms with Gasteiger partial charge in [0.25, 0.3) is 5.91 Å². The number of aliphatic hydroxyl groups excluding tert-OH is 1. The van der Waals surface area contributed by atoms with Gasteiger partial charge in [-0.3, -0.25) is 37.6 Å². The minimum Gasteiger partial charge on any atom is -0.496 e.